The Labute approximate surface area is 94.9 Å². The highest BCUT2D eigenvalue weighted by Crippen LogP contribution is 2.13. The van der Waals surface area contributed by atoms with E-state index in [0.29, 0.717) is 23.6 Å². The molecule has 0 saturated heterocycles. The van der Waals surface area contributed by atoms with Crippen molar-refractivity contribution in [2.24, 2.45) is 16.5 Å². The maximum Gasteiger partial charge on any atom is 0.142 e. The molecule has 0 radical (unpaired) electrons. The minimum absolute atomic E-state index is 0.292. The second kappa shape index (κ2) is 5.69. The summed E-state index contributed by atoms with van der Waals surface area (Å²) in [4.78, 5) is 4.15. The number of rotatable bonds is 3. The Kier molecular flexibility index (Phi) is 4.25. The van der Waals surface area contributed by atoms with Crippen molar-refractivity contribution in [2.45, 2.75) is 13.5 Å². The summed E-state index contributed by atoms with van der Waals surface area (Å²) < 4.78 is 0. The van der Waals surface area contributed by atoms with Crippen LogP contribution < -0.4 is 11.5 Å². The van der Waals surface area contributed by atoms with E-state index in [9.17, 15) is 0 Å². The van der Waals surface area contributed by atoms with Crippen molar-refractivity contribution >= 4 is 11.4 Å². The van der Waals surface area contributed by atoms with Gasteiger partial charge in [-0.1, -0.05) is 12.1 Å². The minimum atomic E-state index is 0.292. The lowest BCUT2D eigenvalue weighted by molar-refractivity contribution is 1.07. The number of aliphatic imine (C=N–C) groups is 1. The minimum Gasteiger partial charge on any atom is -0.402 e. The Balaban J connectivity index is 2.97. The molecule has 0 aromatic heterocycles. The van der Waals surface area contributed by atoms with Crippen LogP contribution in [-0.4, -0.2) is 5.71 Å². The van der Waals surface area contributed by atoms with Crippen LogP contribution in [-0.2, 0) is 6.54 Å². The average molecular weight is 214 g/mol. The van der Waals surface area contributed by atoms with Gasteiger partial charge in [0.05, 0.1) is 5.69 Å². The number of nitriles is 1. The Morgan fingerprint density at radius 2 is 2.06 bits per heavy atom. The van der Waals surface area contributed by atoms with E-state index in [2.05, 4.69) is 4.99 Å². The van der Waals surface area contributed by atoms with Gasteiger partial charge in [-0.15, -0.1) is 0 Å². The molecule has 0 saturated carbocycles. The van der Waals surface area contributed by atoms with Crippen LogP contribution >= 0.6 is 0 Å². The molecule has 0 atom stereocenters. The number of allylic oxidation sites excluding steroid dienone is 2. The predicted octanol–water partition coefficient (Wildman–Crippen LogP) is 1.60. The van der Waals surface area contributed by atoms with Crippen LogP contribution in [0.25, 0.3) is 0 Å². The van der Waals surface area contributed by atoms with Crippen LogP contribution in [0.5, 0.6) is 0 Å². The summed E-state index contributed by atoms with van der Waals surface area (Å²) in [5.41, 5.74) is 13.6. The monoisotopic (exact) mass is 214 g/mol. The Bertz CT molecular complexity index is 445. The standard InChI is InChI=1S/C12H14N4/c1-9(15)6-12(8-14)16-11-4-2-10(7-13)3-5-11/h2-6H,7,13,15H2,1H3. The summed E-state index contributed by atoms with van der Waals surface area (Å²) in [7, 11) is 0. The van der Waals surface area contributed by atoms with E-state index in [1.807, 2.05) is 30.3 Å². The van der Waals surface area contributed by atoms with Gasteiger partial charge in [-0.05, 0) is 30.7 Å². The van der Waals surface area contributed by atoms with Gasteiger partial charge in [0.2, 0.25) is 0 Å². The Morgan fingerprint density at radius 1 is 1.44 bits per heavy atom. The third-order valence-electron chi connectivity index (χ3n) is 1.90. The third kappa shape index (κ3) is 3.56. The summed E-state index contributed by atoms with van der Waals surface area (Å²) >= 11 is 0. The van der Waals surface area contributed by atoms with E-state index in [4.69, 9.17) is 16.7 Å². The highest BCUT2D eigenvalue weighted by Gasteiger charge is 1.95. The topological polar surface area (TPSA) is 88.2 Å². The number of benzene rings is 1. The zero-order valence-corrected chi connectivity index (χ0v) is 9.14. The molecule has 4 N–H and O–H groups in total. The first-order valence-corrected chi connectivity index (χ1v) is 4.87. The van der Waals surface area contributed by atoms with E-state index in [1.165, 1.54) is 6.08 Å². The van der Waals surface area contributed by atoms with Gasteiger partial charge in [0, 0.05) is 12.2 Å². The maximum absolute atomic E-state index is 8.84. The molecule has 0 bridgehead atoms. The van der Waals surface area contributed by atoms with Crippen molar-refractivity contribution in [3.05, 3.63) is 41.6 Å². The lowest BCUT2D eigenvalue weighted by atomic mass is 10.2. The predicted molar refractivity (Wildman–Crippen MR) is 65.0 cm³/mol. The number of hydrogen-bond donors (Lipinski definition) is 2. The van der Waals surface area contributed by atoms with E-state index in [0.717, 1.165) is 5.56 Å². The van der Waals surface area contributed by atoms with Crippen molar-refractivity contribution in [3.8, 4) is 6.07 Å². The second-order valence-electron chi connectivity index (χ2n) is 3.37. The fourth-order valence-corrected chi connectivity index (χ4v) is 1.15. The number of nitrogens with two attached hydrogens (primary N) is 2. The fourth-order valence-electron chi connectivity index (χ4n) is 1.15. The van der Waals surface area contributed by atoms with E-state index in [1.54, 1.807) is 6.92 Å². The summed E-state index contributed by atoms with van der Waals surface area (Å²) in [6, 6.07) is 9.38. The molecule has 0 unspecified atom stereocenters. The molecule has 82 valence electrons. The molecule has 0 aliphatic carbocycles. The molecule has 0 spiro atoms. The number of nitrogens with zero attached hydrogens (tertiary/aromatic N) is 2. The zero-order chi connectivity index (χ0) is 12.0. The number of hydrogen-bond acceptors (Lipinski definition) is 4. The smallest absolute Gasteiger partial charge is 0.142 e. The van der Waals surface area contributed by atoms with Crippen LogP contribution in [0.3, 0.4) is 0 Å². The molecular weight excluding hydrogens is 200 g/mol. The molecule has 4 nitrogen and oxygen atoms in total. The average Bonchev–Trinajstić information content (AvgIpc) is 2.28. The van der Waals surface area contributed by atoms with Gasteiger partial charge in [0.25, 0.3) is 0 Å². The van der Waals surface area contributed by atoms with Crippen molar-refractivity contribution in [2.75, 3.05) is 0 Å². The highest BCUT2D eigenvalue weighted by molar-refractivity contribution is 6.08. The largest absolute Gasteiger partial charge is 0.402 e. The fraction of sp³-hybridized carbons (Fsp3) is 0.167. The molecule has 1 aromatic rings. The first-order chi connectivity index (χ1) is 7.65. The Morgan fingerprint density at radius 3 is 2.50 bits per heavy atom. The molecule has 0 fully saturated rings. The molecule has 16 heavy (non-hydrogen) atoms. The van der Waals surface area contributed by atoms with Crippen molar-refractivity contribution in [1.82, 2.24) is 0 Å². The lowest BCUT2D eigenvalue weighted by Gasteiger charge is -1.97. The molecule has 0 aliphatic heterocycles. The molecule has 0 heterocycles. The van der Waals surface area contributed by atoms with Gasteiger partial charge in [-0.2, -0.15) is 5.26 Å². The Hall–Kier alpha value is -2.12. The zero-order valence-electron chi connectivity index (χ0n) is 9.14. The van der Waals surface area contributed by atoms with Crippen LogP contribution in [0.4, 0.5) is 5.69 Å². The normalized spacial score (nSPS) is 12.3. The van der Waals surface area contributed by atoms with E-state index >= 15 is 0 Å². The molecule has 4 heteroatoms. The van der Waals surface area contributed by atoms with Crippen LogP contribution in [0, 0.1) is 11.3 Å². The summed E-state index contributed by atoms with van der Waals surface area (Å²) in [6.07, 6.45) is 1.54. The van der Waals surface area contributed by atoms with Gasteiger partial charge < -0.3 is 11.5 Å². The lowest BCUT2D eigenvalue weighted by Crippen LogP contribution is -1.97. The van der Waals surface area contributed by atoms with Crippen LogP contribution in [0.15, 0.2) is 41.0 Å². The van der Waals surface area contributed by atoms with E-state index < -0.39 is 0 Å². The summed E-state index contributed by atoms with van der Waals surface area (Å²) in [5.74, 6) is 0. The van der Waals surface area contributed by atoms with Crippen molar-refractivity contribution in [3.63, 3.8) is 0 Å². The summed E-state index contributed by atoms with van der Waals surface area (Å²) in [5, 5.41) is 8.84. The van der Waals surface area contributed by atoms with Gasteiger partial charge in [-0.25, -0.2) is 4.99 Å². The van der Waals surface area contributed by atoms with E-state index in [-0.39, 0.29) is 0 Å². The quantitative estimate of drug-likeness (QED) is 0.749. The van der Waals surface area contributed by atoms with Gasteiger partial charge in [0.1, 0.15) is 11.8 Å². The molecule has 1 aromatic carbocycles. The first kappa shape index (κ1) is 12.0. The van der Waals surface area contributed by atoms with Gasteiger partial charge >= 0.3 is 0 Å². The molecule has 0 aliphatic rings. The van der Waals surface area contributed by atoms with Gasteiger partial charge in [-0.3, -0.25) is 0 Å². The SMILES string of the molecule is CC(N)=CC(C#N)=Nc1ccc(CN)cc1. The maximum atomic E-state index is 8.84. The second-order valence-corrected chi connectivity index (χ2v) is 3.37. The first-order valence-electron chi connectivity index (χ1n) is 4.87. The van der Waals surface area contributed by atoms with Crippen molar-refractivity contribution < 1.29 is 0 Å². The highest BCUT2D eigenvalue weighted by atomic mass is 14.7. The molecule has 1 rings (SSSR count). The third-order valence-corrected chi connectivity index (χ3v) is 1.90. The van der Waals surface area contributed by atoms with Gasteiger partial charge in [0.15, 0.2) is 0 Å². The molecule has 0 amide bonds. The van der Waals surface area contributed by atoms with Crippen LogP contribution in [0.1, 0.15) is 12.5 Å². The summed E-state index contributed by atoms with van der Waals surface area (Å²) in [6.45, 7) is 2.21. The van der Waals surface area contributed by atoms with Crippen LogP contribution in [0.2, 0.25) is 0 Å². The molecular formula is C12H14N4. The van der Waals surface area contributed by atoms with Crippen molar-refractivity contribution in [1.29, 1.82) is 5.26 Å².